The number of aromatic amines is 1. The van der Waals surface area contributed by atoms with Gasteiger partial charge in [-0.1, -0.05) is 11.6 Å². The lowest BCUT2D eigenvalue weighted by Gasteiger charge is -2.11. The molecule has 1 aromatic carbocycles. The maximum atomic E-state index is 12.2. The van der Waals surface area contributed by atoms with E-state index < -0.39 is 0 Å². The predicted molar refractivity (Wildman–Crippen MR) is 72.0 cm³/mol. The fourth-order valence-corrected chi connectivity index (χ4v) is 1.65. The molecular weight excluding hydrogens is 230 g/mol. The average Bonchev–Trinajstić information content (AvgIpc) is 2.33. The van der Waals surface area contributed by atoms with E-state index in [9.17, 15) is 9.59 Å². The van der Waals surface area contributed by atoms with Crippen LogP contribution in [0.3, 0.4) is 0 Å². The smallest absolute Gasteiger partial charge is 0.321 e. The molecule has 0 saturated carbocycles. The van der Waals surface area contributed by atoms with Crippen LogP contribution in [0.1, 0.15) is 5.56 Å². The molecule has 1 aromatic heterocycles. The highest BCUT2D eigenvalue weighted by Gasteiger charge is 2.09. The molecule has 0 aliphatic heterocycles. The molecule has 2 N–H and O–H groups in total. The normalized spacial score (nSPS) is 10.4. The Morgan fingerprint density at radius 1 is 1.33 bits per heavy atom. The third-order valence-corrected chi connectivity index (χ3v) is 2.68. The van der Waals surface area contributed by atoms with Gasteiger partial charge in [0, 0.05) is 31.2 Å². The van der Waals surface area contributed by atoms with Crippen LogP contribution in [0.15, 0.2) is 29.2 Å². The van der Waals surface area contributed by atoms with Gasteiger partial charge in [-0.05, 0) is 19.1 Å². The number of H-pyrrole nitrogens is 1. The number of urea groups is 1. The van der Waals surface area contributed by atoms with Crippen LogP contribution in [-0.2, 0) is 0 Å². The lowest BCUT2D eigenvalue weighted by molar-refractivity contribution is 0.230. The largest absolute Gasteiger partial charge is 0.359 e. The van der Waals surface area contributed by atoms with Crippen LogP contribution in [0.5, 0.6) is 0 Å². The molecule has 18 heavy (non-hydrogen) atoms. The molecule has 5 nitrogen and oxygen atoms in total. The van der Waals surface area contributed by atoms with Crippen molar-refractivity contribution in [1.82, 2.24) is 9.88 Å². The molecule has 2 aromatic rings. The number of rotatable bonds is 1. The third kappa shape index (κ3) is 2.20. The first-order chi connectivity index (χ1) is 8.49. The maximum absolute atomic E-state index is 12.2. The van der Waals surface area contributed by atoms with Gasteiger partial charge in [-0.2, -0.15) is 0 Å². The summed E-state index contributed by atoms with van der Waals surface area (Å²) in [4.78, 5) is 28.1. The average molecular weight is 245 g/mol. The first-order valence-electron chi connectivity index (χ1n) is 5.59. The number of aryl methyl sites for hydroxylation is 1. The van der Waals surface area contributed by atoms with Crippen molar-refractivity contribution in [2.45, 2.75) is 6.92 Å². The van der Waals surface area contributed by atoms with Gasteiger partial charge in [0.15, 0.2) is 0 Å². The van der Waals surface area contributed by atoms with Crippen molar-refractivity contribution in [2.24, 2.45) is 0 Å². The second-order valence-electron chi connectivity index (χ2n) is 4.41. The fraction of sp³-hybridized carbons (Fsp3) is 0.231. The maximum Gasteiger partial charge on any atom is 0.321 e. The topological polar surface area (TPSA) is 65.2 Å². The van der Waals surface area contributed by atoms with Crippen LogP contribution in [-0.4, -0.2) is 30.0 Å². The van der Waals surface area contributed by atoms with Gasteiger partial charge in [0.1, 0.15) is 5.69 Å². The van der Waals surface area contributed by atoms with Gasteiger partial charge in [-0.25, -0.2) is 4.79 Å². The standard InChI is InChI=1S/C13H15N3O2/c1-8-4-5-10-9(6-8)12(17)11(7-14-10)15-13(18)16(2)3/h4-7H,1-3H3,(H,14,17)(H,15,18). The Labute approximate surface area is 104 Å². The zero-order valence-corrected chi connectivity index (χ0v) is 10.6. The molecular formula is C13H15N3O2. The Morgan fingerprint density at radius 2 is 2.06 bits per heavy atom. The van der Waals surface area contributed by atoms with Crippen LogP contribution in [0, 0.1) is 6.92 Å². The Hall–Kier alpha value is -2.30. The summed E-state index contributed by atoms with van der Waals surface area (Å²) in [6.07, 6.45) is 1.52. The Bertz CT molecular complexity index is 659. The summed E-state index contributed by atoms with van der Waals surface area (Å²) in [7, 11) is 3.24. The van der Waals surface area contributed by atoms with Gasteiger partial charge >= 0.3 is 6.03 Å². The second-order valence-corrected chi connectivity index (χ2v) is 4.41. The summed E-state index contributed by atoms with van der Waals surface area (Å²) in [5, 5.41) is 3.14. The molecule has 0 radical (unpaired) electrons. The number of nitrogens with one attached hydrogen (secondary N) is 2. The van der Waals surface area contributed by atoms with Gasteiger partial charge in [-0.3, -0.25) is 4.79 Å². The molecule has 0 fully saturated rings. The predicted octanol–water partition coefficient (Wildman–Crippen LogP) is 1.93. The van der Waals surface area contributed by atoms with E-state index in [0.717, 1.165) is 11.1 Å². The van der Waals surface area contributed by atoms with Crippen molar-refractivity contribution in [3.63, 3.8) is 0 Å². The molecule has 0 saturated heterocycles. The minimum atomic E-state index is -0.326. The summed E-state index contributed by atoms with van der Waals surface area (Å²) in [5.41, 5.74) is 1.84. The van der Waals surface area contributed by atoms with E-state index in [1.54, 1.807) is 20.2 Å². The lowest BCUT2D eigenvalue weighted by Crippen LogP contribution is -2.29. The molecule has 0 atom stereocenters. The third-order valence-electron chi connectivity index (χ3n) is 2.68. The van der Waals surface area contributed by atoms with Crippen molar-refractivity contribution in [2.75, 3.05) is 19.4 Å². The molecule has 1 heterocycles. The molecule has 0 unspecified atom stereocenters. The highest BCUT2D eigenvalue weighted by molar-refractivity contribution is 5.91. The fourth-order valence-electron chi connectivity index (χ4n) is 1.65. The molecule has 0 aliphatic rings. The van der Waals surface area contributed by atoms with Crippen molar-refractivity contribution in [3.05, 3.63) is 40.2 Å². The Morgan fingerprint density at radius 3 is 2.72 bits per heavy atom. The number of aromatic nitrogens is 1. The number of hydrogen-bond donors (Lipinski definition) is 2. The highest BCUT2D eigenvalue weighted by Crippen LogP contribution is 2.12. The number of carbonyl (C=O) groups is 1. The number of hydrogen-bond acceptors (Lipinski definition) is 2. The van der Waals surface area contributed by atoms with E-state index in [0.29, 0.717) is 5.39 Å². The summed E-state index contributed by atoms with van der Waals surface area (Å²) < 4.78 is 0. The molecule has 0 bridgehead atoms. The minimum absolute atomic E-state index is 0.178. The number of carbonyl (C=O) groups excluding carboxylic acids is 1. The molecule has 2 rings (SSSR count). The van der Waals surface area contributed by atoms with Crippen molar-refractivity contribution in [1.29, 1.82) is 0 Å². The number of benzene rings is 1. The van der Waals surface area contributed by atoms with E-state index in [1.807, 2.05) is 19.1 Å². The molecule has 0 aliphatic carbocycles. The quantitative estimate of drug-likeness (QED) is 0.806. The van der Waals surface area contributed by atoms with Crippen LogP contribution in [0.2, 0.25) is 0 Å². The van der Waals surface area contributed by atoms with Crippen LogP contribution < -0.4 is 10.7 Å². The number of pyridine rings is 1. The van der Waals surface area contributed by atoms with Gasteiger partial charge in [0.05, 0.1) is 0 Å². The number of fused-ring (bicyclic) bond motifs is 1. The van der Waals surface area contributed by atoms with Gasteiger partial charge < -0.3 is 15.2 Å². The zero-order valence-electron chi connectivity index (χ0n) is 10.6. The number of amides is 2. The highest BCUT2D eigenvalue weighted by atomic mass is 16.2. The van der Waals surface area contributed by atoms with Gasteiger partial charge in [0.2, 0.25) is 5.43 Å². The number of nitrogens with zero attached hydrogens (tertiary/aromatic N) is 1. The van der Waals surface area contributed by atoms with E-state index in [4.69, 9.17) is 0 Å². The van der Waals surface area contributed by atoms with Gasteiger partial charge in [0.25, 0.3) is 0 Å². The van der Waals surface area contributed by atoms with Crippen molar-refractivity contribution in [3.8, 4) is 0 Å². The Kier molecular flexibility index (Phi) is 3.06. The van der Waals surface area contributed by atoms with Crippen molar-refractivity contribution < 1.29 is 4.79 Å². The van der Waals surface area contributed by atoms with E-state index in [2.05, 4.69) is 10.3 Å². The van der Waals surface area contributed by atoms with Crippen LogP contribution >= 0.6 is 0 Å². The van der Waals surface area contributed by atoms with E-state index in [1.165, 1.54) is 11.1 Å². The zero-order chi connectivity index (χ0) is 13.3. The summed E-state index contributed by atoms with van der Waals surface area (Å²) in [6.45, 7) is 1.92. The summed E-state index contributed by atoms with van der Waals surface area (Å²) in [6, 6.07) is 5.26. The Balaban J connectivity index is 2.51. The molecule has 94 valence electrons. The van der Waals surface area contributed by atoms with Crippen LogP contribution in [0.25, 0.3) is 10.9 Å². The number of anilines is 1. The van der Waals surface area contributed by atoms with Crippen molar-refractivity contribution >= 4 is 22.6 Å². The first-order valence-corrected chi connectivity index (χ1v) is 5.59. The minimum Gasteiger partial charge on any atom is -0.359 e. The summed E-state index contributed by atoms with van der Waals surface area (Å²) >= 11 is 0. The SMILES string of the molecule is Cc1ccc2[nH]cc(NC(=O)N(C)C)c(=O)c2c1. The van der Waals surface area contributed by atoms with E-state index in [-0.39, 0.29) is 17.1 Å². The molecule has 2 amide bonds. The van der Waals surface area contributed by atoms with Crippen LogP contribution in [0.4, 0.5) is 10.5 Å². The van der Waals surface area contributed by atoms with E-state index >= 15 is 0 Å². The summed E-state index contributed by atoms with van der Waals surface area (Å²) in [5.74, 6) is 0. The lowest BCUT2D eigenvalue weighted by atomic mass is 10.1. The molecule has 5 heteroatoms. The first kappa shape index (κ1) is 12.2. The molecule has 0 spiro atoms. The van der Waals surface area contributed by atoms with Gasteiger partial charge in [-0.15, -0.1) is 0 Å². The monoisotopic (exact) mass is 245 g/mol. The second kappa shape index (κ2) is 4.52.